The molecule has 2 aliphatic rings. The van der Waals surface area contributed by atoms with Crippen molar-refractivity contribution in [1.29, 1.82) is 0 Å². The van der Waals surface area contributed by atoms with Crippen LogP contribution in [0.25, 0.3) is 0 Å². The summed E-state index contributed by atoms with van der Waals surface area (Å²) < 4.78 is 16.3. The van der Waals surface area contributed by atoms with Crippen LogP contribution in [0.3, 0.4) is 0 Å². The summed E-state index contributed by atoms with van der Waals surface area (Å²) in [7, 11) is 0. The van der Waals surface area contributed by atoms with Crippen LogP contribution in [0.2, 0.25) is 0 Å². The number of esters is 1. The molecule has 1 aromatic rings. The number of fused-ring (bicyclic) bond motifs is 2. The molecule has 0 amide bonds. The molecule has 2 bridgehead atoms. The highest BCUT2D eigenvalue weighted by Crippen LogP contribution is 2.55. The molecule has 14 heteroatoms. The lowest BCUT2D eigenvalue weighted by Crippen LogP contribution is -2.78. The number of carboxylic acid groups (broad SMARTS) is 3. The van der Waals surface area contributed by atoms with Gasteiger partial charge in [-0.25, -0.2) is 14.4 Å². The van der Waals surface area contributed by atoms with E-state index in [-0.39, 0.29) is 12.3 Å². The van der Waals surface area contributed by atoms with E-state index in [1.807, 2.05) is 51.1 Å². The van der Waals surface area contributed by atoms with Gasteiger partial charge in [0.15, 0.2) is 6.10 Å². The van der Waals surface area contributed by atoms with Gasteiger partial charge in [0.25, 0.3) is 0 Å². The van der Waals surface area contributed by atoms with Gasteiger partial charge in [0, 0.05) is 12.8 Å². The van der Waals surface area contributed by atoms with Crippen LogP contribution in [0.4, 0.5) is 0 Å². The van der Waals surface area contributed by atoms with Crippen LogP contribution in [0.15, 0.2) is 30.3 Å². The Balaban J connectivity index is 1.92. The number of aliphatic hydroxyl groups excluding tert-OH is 3. The van der Waals surface area contributed by atoms with E-state index in [0.717, 1.165) is 18.4 Å². The van der Waals surface area contributed by atoms with Crippen molar-refractivity contribution in [1.82, 2.24) is 0 Å². The van der Waals surface area contributed by atoms with Gasteiger partial charge in [-0.3, -0.25) is 4.79 Å². The third-order valence-electron chi connectivity index (χ3n) is 9.37. The molecule has 2 fully saturated rings. The van der Waals surface area contributed by atoms with Gasteiger partial charge in [0.2, 0.25) is 23.1 Å². The summed E-state index contributed by atoms with van der Waals surface area (Å²) in [5.74, 6) is -10.5. The molecular formula is C32H46O14. The van der Waals surface area contributed by atoms with E-state index >= 15 is 0 Å². The Morgan fingerprint density at radius 1 is 0.957 bits per heavy atom. The fourth-order valence-electron chi connectivity index (χ4n) is 6.49. The molecule has 2 heterocycles. The molecule has 2 saturated heterocycles. The number of ether oxygens (including phenoxy) is 3. The van der Waals surface area contributed by atoms with E-state index in [1.165, 1.54) is 0 Å². The molecular weight excluding hydrogens is 608 g/mol. The molecule has 0 spiro atoms. The van der Waals surface area contributed by atoms with Crippen molar-refractivity contribution in [2.45, 2.75) is 120 Å². The van der Waals surface area contributed by atoms with E-state index in [2.05, 4.69) is 0 Å². The zero-order chi connectivity index (χ0) is 34.6. The molecule has 7 N–H and O–H groups in total. The van der Waals surface area contributed by atoms with E-state index in [1.54, 1.807) is 6.92 Å². The van der Waals surface area contributed by atoms with Gasteiger partial charge in [-0.05, 0) is 49.0 Å². The second kappa shape index (κ2) is 14.7. The number of carbonyl (C=O) groups is 4. The van der Waals surface area contributed by atoms with Crippen molar-refractivity contribution in [2.24, 2.45) is 17.8 Å². The summed E-state index contributed by atoms with van der Waals surface area (Å²) in [5, 5.41) is 74.7. The highest BCUT2D eigenvalue weighted by atomic mass is 16.8. The normalized spacial score (nSPS) is 32.1. The second-order valence-corrected chi connectivity index (χ2v) is 12.9. The number of hydrogen-bond acceptors (Lipinski definition) is 11. The average molecular weight is 655 g/mol. The Labute approximate surface area is 266 Å². The maximum atomic E-state index is 13.0. The predicted molar refractivity (Wildman–Crippen MR) is 158 cm³/mol. The lowest BCUT2D eigenvalue weighted by atomic mass is 9.74. The van der Waals surface area contributed by atoms with E-state index < -0.39 is 90.1 Å². The van der Waals surface area contributed by atoms with Gasteiger partial charge >= 0.3 is 23.9 Å². The van der Waals surface area contributed by atoms with E-state index in [9.17, 15) is 54.9 Å². The molecule has 46 heavy (non-hydrogen) atoms. The Bertz CT molecular complexity index is 1240. The first-order valence-corrected chi connectivity index (χ1v) is 15.5. The maximum absolute atomic E-state index is 13.0. The minimum absolute atomic E-state index is 0.0548. The van der Waals surface area contributed by atoms with Crippen LogP contribution in [-0.4, -0.2) is 107 Å². The molecule has 0 aromatic heterocycles. The fraction of sp³-hybridized carbons (Fsp3) is 0.688. The van der Waals surface area contributed by atoms with Gasteiger partial charge in [-0.1, -0.05) is 64.4 Å². The highest BCUT2D eigenvalue weighted by Gasteiger charge is 2.85. The van der Waals surface area contributed by atoms with Gasteiger partial charge in [-0.2, -0.15) is 0 Å². The Morgan fingerprint density at radius 2 is 1.59 bits per heavy atom. The minimum atomic E-state index is -3.89. The number of benzene rings is 1. The first-order valence-electron chi connectivity index (χ1n) is 15.5. The van der Waals surface area contributed by atoms with Crippen LogP contribution in [0, 0.1) is 17.8 Å². The molecule has 3 rings (SSSR count). The second-order valence-electron chi connectivity index (χ2n) is 12.9. The van der Waals surface area contributed by atoms with Crippen molar-refractivity contribution in [3.8, 4) is 0 Å². The minimum Gasteiger partial charge on any atom is -0.479 e. The molecule has 2 aliphatic heterocycles. The summed E-state index contributed by atoms with van der Waals surface area (Å²) in [6.45, 7) is 7.65. The van der Waals surface area contributed by atoms with Crippen LogP contribution >= 0.6 is 0 Å². The third kappa shape index (κ3) is 7.06. The monoisotopic (exact) mass is 654 g/mol. The summed E-state index contributed by atoms with van der Waals surface area (Å²) in [5.41, 5.74) is -6.54. The number of carbonyl (C=O) groups excluding carboxylic acids is 1. The van der Waals surface area contributed by atoms with E-state index in [0.29, 0.717) is 18.8 Å². The quantitative estimate of drug-likeness (QED) is 0.117. The van der Waals surface area contributed by atoms with Crippen molar-refractivity contribution in [3.63, 3.8) is 0 Å². The zero-order valence-electron chi connectivity index (χ0n) is 26.4. The molecule has 0 saturated carbocycles. The topological polar surface area (TPSA) is 238 Å². The average Bonchev–Trinajstić information content (AvgIpc) is 3.22. The standard InChI is InChI=1S/C32H46O14/c1-5-17(2)15-18(3)11-12-22(34)44-25-24(36)30(14-13-21(33)23(35)19(4)16-20-9-7-6-8-10-20)45-26(27(37)38)31(43,28(39)40)32(25,46-30)29(41)42/h6-10,17-19,21,23-26,33,35-36,43H,5,11-16H2,1-4H3,(H,37,38)(H,39,40)(H,41,42)/t17-,18+,19-,21?,23+,24+,25+,26+,30-,31+,32-/m0/s1. The number of rotatable bonds is 17. The predicted octanol–water partition coefficient (Wildman–Crippen LogP) is 1.34. The first kappa shape index (κ1) is 37.3. The molecule has 258 valence electrons. The zero-order valence-corrected chi connectivity index (χ0v) is 26.4. The number of carboxylic acids is 3. The Kier molecular flexibility index (Phi) is 12.0. The molecule has 11 atom stereocenters. The maximum Gasteiger partial charge on any atom is 0.344 e. The highest BCUT2D eigenvalue weighted by molar-refractivity contribution is 5.98. The lowest BCUT2D eigenvalue weighted by molar-refractivity contribution is -0.375. The SMILES string of the molecule is CC[C@H](C)C[C@H](C)CCC(=O)O[C@@H]1[C@@H](O)[C@@]2(CCC(O)[C@H](O)[C@@H](C)Cc3ccccc3)O[C@H](C(=O)O)[C@@](O)(C(=O)O)[C@]1(C(=O)O)O2. The Hall–Kier alpha value is -3.14. The number of aliphatic carboxylic acids is 3. The van der Waals surface area contributed by atoms with E-state index in [4.69, 9.17) is 14.2 Å². The summed E-state index contributed by atoms with van der Waals surface area (Å²) >= 11 is 0. The van der Waals surface area contributed by atoms with Crippen molar-refractivity contribution in [3.05, 3.63) is 35.9 Å². The summed E-state index contributed by atoms with van der Waals surface area (Å²) in [6.07, 6.45) is -9.47. The van der Waals surface area contributed by atoms with Gasteiger partial charge in [0.1, 0.15) is 6.10 Å². The largest absolute Gasteiger partial charge is 0.479 e. The van der Waals surface area contributed by atoms with Gasteiger partial charge in [0.05, 0.1) is 12.2 Å². The van der Waals surface area contributed by atoms with Gasteiger partial charge in [-0.15, -0.1) is 0 Å². The molecule has 1 aromatic carbocycles. The summed E-state index contributed by atoms with van der Waals surface area (Å²) in [4.78, 5) is 50.5. The summed E-state index contributed by atoms with van der Waals surface area (Å²) in [6, 6.07) is 9.11. The van der Waals surface area contributed by atoms with Crippen LogP contribution < -0.4 is 0 Å². The smallest absolute Gasteiger partial charge is 0.344 e. The molecule has 1 unspecified atom stereocenters. The van der Waals surface area contributed by atoms with Crippen LogP contribution in [0.1, 0.15) is 71.8 Å². The van der Waals surface area contributed by atoms with Crippen molar-refractivity contribution < 1.29 is 69.1 Å². The molecule has 0 aliphatic carbocycles. The van der Waals surface area contributed by atoms with Crippen molar-refractivity contribution >= 4 is 23.9 Å². The van der Waals surface area contributed by atoms with Gasteiger partial charge < -0.3 is 50.0 Å². The third-order valence-corrected chi connectivity index (χ3v) is 9.37. The fourth-order valence-corrected chi connectivity index (χ4v) is 6.49. The Morgan fingerprint density at radius 3 is 2.13 bits per heavy atom. The lowest BCUT2D eigenvalue weighted by Gasteiger charge is -2.48. The molecule has 0 radical (unpaired) electrons. The van der Waals surface area contributed by atoms with Crippen molar-refractivity contribution in [2.75, 3.05) is 0 Å². The number of aliphatic hydroxyl groups is 4. The first-order chi connectivity index (χ1) is 21.5. The number of hydrogen-bond donors (Lipinski definition) is 7. The van der Waals surface area contributed by atoms with Crippen LogP contribution in [-0.2, 0) is 39.8 Å². The van der Waals surface area contributed by atoms with Crippen LogP contribution in [0.5, 0.6) is 0 Å². The molecule has 14 nitrogen and oxygen atoms in total.